The highest BCUT2D eigenvalue weighted by atomic mass is 32.1. The van der Waals surface area contributed by atoms with Gasteiger partial charge >= 0.3 is 5.97 Å². The lowest BCUT2D eigenvalue weighted by Gasteiger charge is -2.16. The van der Waals surface area contributed by atoms with Crippen molar-refractivity contribution >= 4 is 32.7 Å². The molecule has 0 amide bonds. The molecule has 1 aromatic carbocycles. The number of carboxylic acid groups (broad SMARTS) is 1. The molecule has 134 valence electrons. The second-order valence-corrected chi connectivity index (χ2v) is 7.81. The number of anilines is 1. The van der Waals surface area contributed by atoms with Crippen LogP contribution in [0.15, 0.2) is 12.1 Å². The maximum Gasteiger partial charge on any atom is 0.335 e. The van der Waals surface area contributed by atoms with Gasteiger partial charge in [-0.15, -0.1) is 0 Å². The molecule has 4 rings (SSSR count). The Balaban J connectivity index is 1.71. The maximum atomic E-state index is 11.4. The average molecular weight is 364 g/mol. The van der Waals surface area contributed by atoms with Crippen LogP contribution in [0.1, 0.15) is 24.2 Å². The van der Waals surface area contributed by atoms with Gasteiger partial charge in [-0.05, 0) is 26.0 Å². The maximum absolute atomic E-state index is 11.4. The Morgan fingerprint density at radius 1 is 1.44 bits per heavy atom. The van der Waals surface area contributed by atoms with E-state index in [2.05, 4.69) is 9.88 Å². The zero-order valence-electron chi connectivity index (χ0n) is 14.0. The van der Waals surface area contributed by atoms with Gasteiger partial charge in [-0.3, -0.25) is 0 Å². The quantitative estimate of drug-likeness (QED) is 0.857. The Bertz CT molecular complexity index is 821. The molecule has 3 heterocycles. The van der Waals surface area contributed by atoms with Crippen LogP contribution >= 0.6 is 11.3 Å². The molecule has 25 heavy (non-hydrogen) atoms. The average Bonchev–Trinajstić information content (AvgIpc) is 3.22. The number of aliphatic hydroxyl groups excluding tert-OH is 1. The molecule has 3 atom stereocenters. The highest BCUT2D eigenvalue weighted by molar-refractivity contribution is 7.22. The number of ether oxygens (including phenoxy) is 2. The number of aliphatic hydroxyl groups is 1. The summed E-state index contributed by atoms with van der Waals surface area (Å²) in [6.45, 7) is 5.57. The lowest BCUT2D eigenvalue weighted by molar-refractivity contribution is 0.0696. The molecule has 2 aliphatic heterocycles. The first kappa shape index (κ1) is 16.6. The molecule has 0 bridgehead atoms. The van der Waals surface area contributed by atoms with Crippen LogP contribution in [0, 0.1) is 5.92 Å². The lowest BCUT2D eigenvalue weighted by atomic mass is 10.0. The Labute approximate surface area is 148 Å². The van der Waals surface area contributed by atoms with Gasteiger partial charge in [0.15, 0.2) is 5.13 Å². The number of aromatic nitrogens is 1. The number of carboxylic acids is 1. The molecule has 0 radical (unpaired) electrons. The molecule has 8 heteroatoms. The summed E-state index contributed by atoms with van der Waals surface area (Å²) in [6.07, 6.45) is -0.474. The Kier molecular flexibility index (Phi) is 4.05. The zero-order valence-corrected chi connectivity index (χ0v) is 14.8. The Morgan fingerprint density at radius 2 is 2.24 bits per heavy atom. The molecular formula is C17H20N2O5S. The number of thiazole rings is 1. The Hall–Kier alpha value is -1.90. The number of benzene rings is 1. The molecular weight excluding hydrogens is 344 g/mol. The monoisotopic (exact) mass is 364 g/mol. The summed E-state index contributed by atoms with van der Waals surface area (Å²) in [7, 11) is 0. The number of aromatic carboxylic acids is 1. The van der Waals surface area contributed by atoms with Crippen molar-refractivity contribution in [1.82, 2.24) is 4.98 Å². The SMILES string of the molecule is CC(C)Oc1cc(C(=O)O)cc2sc(N3C[C@@H]4[C@H](C3)OC[C@@H]4O)nc12. The molecule has 0 unspecified atom stereocenters. The summed E-state index contributed by atoms with van der Waals surface area (Å²) in [5, 5.41) is 20.1. The molecule has 2 fully saturated rings. The number of nitrogens with zero attached hydrogens (tertiary/aromatic N) is 2. The molecule has 0 aliphatic carbocycles. The van der Waals surface area contributed by atoms with Crippen molar-refractivity contribution < 1.29 is 24.5 Å². The second-order valence-electron chi connectivity index (χ2n) is 6.80. The second kappa shape index (κ2) is 6.12. The van der Waals surface area contributed by atoms with E-state index in [0.29, 0.717) is 31.0 Å². The fourth-order valence-corrected chi connectivity index (χ4v) is 4.48. The number of rotatable bonds is 4. The first-order valence-electron chi connectivity index (χ1n) is 8.31. The normalized spacial score (nSPS) is 25.8. The van der Waals surface area contributed by atoms with E-state index >= 15 is 0 Å². The van der Waals surface area contributed by atoms with E-state index in [0.717, 1.165) is 9.83 Å². The van der Waals surface area contributed by atoms with Gasteiger partial charge in [-0.2, -0.15) is 0 Å². The molecule has 2 N–H and O–H groups in total. The van der Waals surface area contributed by atoms with Gasteiger partial charge in [-0.25, -0.2) is 9.78 Å². The largest absolute Gasteiger partial charge is 0.489 e. The van der Waals surface area contributed by atoms with Crippen LogP contribution in [0.5, 0.6) is 5.75 Å². The summed E-state index contributed by atoms with van der Waals surface area (Å²) < 4.78 is 12.2. The van der Waals surface area contributed by atoms with Crippen molar-refractivity contribution in [3.63, 3.8) is 0 Å². The number of carbonyl (C=O) groups is 1. The highest BCUT2D eigenvalue weighted by Crippen LogP contribution is 2.39. The van der Waals surface area contributed by atoms with Gasteiger partial charge < -0.3 is 24.6 Å². The lowest BCUT2D eigenvalue weighted by Crippen LogP contribution is -2.25. The van der Waals surface area contributed by atoms with Crippen LogP contribution in [-0.2, 0) is 4.74 Å². The van der Waals surface area contributed by atoms with Gasteiger partial charge in [0.1, 0.15) is 11.3 Å². The summed E-state index contributed by atoms with van der Waals surface area (Å²) in [4.78, 5) is 18.2. The summed E-state index contributed by atoms with van der Waals surface area (Å²) >= 11 is 1.44. The molecule has 0 spiro atoms. The molecule has 2 aliphatic rings. The van der Waals surface area contributed by atoms with E-state index in [4.69, 9.17) is 9.47 Å². The first-order chi connectivity index (χ1) is 11.9. The van der Waals surface area contributed by atoms with Crippen LogP contribution in [0.25, 0.3) is 10.2 Å². The fraction of sp³-hybridized carbons (Fsp3) is 0.529. The van der Waals surface area contributed by atoms with Crippen LogP contribution in [0.3, 0.4) is 0 Å². The van der Waals surface area contributed by atoms with Gasteiger partial charge in [0, 0.05) is 19.0 Å². The van der Waals surface area contributed by atoms with Crippen molar-refractivity contribution in [2.24, 2.45) is 5.92 Å². The Morgan fingerprint density at radius 3 is 2.92 bits per heavy atom. The third kappa shape index (κ3) is 2.94. The van der Waals surface area contributed by atoms with Crippen LogP contribution in [0.2, 0.25) is 0 Å². The molecule has 1 aromatic heterocycles. The van der Waals surface area contributed by atoms with E-state index in [-0.39, 0.29) is 23.7 Å². The van der Waals surface area contributed by atoms with Gasteiger partial charge in [0.05, 0.1) is 35.2 Å². The van der Waals surface area contributed by atoms with Crippen LogP contribution < -0.4 is 9.64 Å². The van der Waals surface area contributed by atoms with Crippen molar-refractivity contribution in [2.75, 3.05) is 24.6 Å². The molecule has 2 saturated heterocycles. The summed E-state index contributed by atoms with van der Waals surface area (Å²) in [6, 6.07) is 3.16. The van der Waals surface area contributed by atoms with Gasteiger partial charge in [0.2, 0.25) is 0 Å². The third-order valence-corrected chi connectivity index (χ3v) is 5.68. The summed E-state index contributed by atoms with van der Waals surface area (Å²) in [5.41, 5.74) is 0.868. The van der Waals surface area contributed by atoms with Gasteiger partial charge in [-0.1, -0.05) is 11.3 Å². The highest BCUT2D eigenvalue weighted by Gasteiger charge is 2.44. The number of fused-ring (bicyclic) bond motifs is 2. The summed E-state index contributed by atoms with van der Waals surface area (Å²) in [5.74, 6) is -0.395. The minimum Gasteiger partial charge on any atom is -0.489 e. The number of hydrogen-bond donors (Lipinski definition) is 2. The minimum absolute atomic E-state index is 0.0305. The van der Waals surface area contributed by atoms with Crippen LogP contribution in [-0.4, -0.2) is 59.2 Å². The number of hydrogen-bond acceptors (Lipinski definition) is 7. The van der Waals surface area contributed by atoms with E-state index < -0.39 is 12.1 Å². The van der Waals surface area contributed by atoms with E-state index in [9.17, 15) is 15.0 Å². The predicted molar refractivity (Wildman–Crippen MR) is 93.8 cm³/mol. The zero-order chi connectivity index (χ0) is 17.7. The third-order valence-electron chi connectivity index (χ3n) is 4.61. The van der Waals surface area contributed by atoms with Crippen molar-refractivity contribution in [1.29, 1.82) is 0 Å². The molecule has 2 aromatic rings. The molecule has 0 saturated carbocycles. The van der Waals surface area contributed by atoms with E-state index in [1.807, 2.05) is 13.8 Å². The topological polar surface area (TPSA) is 92.1 Å². The minimum atomic E-state index is -0.988. The van der Waals surface area contributed by atoms with Crippen molar-refractivity contribution in [2.45, 2.75) is 32.2 Å². The van der Waals surface area contributed by atoms with Crippen molar-refractivity contribution in [3.05, 3.63) is 17.7 Å². The van der Waals surface area contributed by atoms with E-state index in [1.54, 1.807) is 6.07 Å². The smallest absolute Gasteiger partial charge is 0.335 e. The van der Waals surface area contributed by atoms with Gasteiger partial charge in [0.25, 0.3) is 0 Å². The van der Waals surface area contributed by atoms with E-state index in [1.165, 1.54) is 17.4 Å². The standard InChI is InChI=1S/C17H20N2O5S/c1-8(2)24-12-3-9(16(21)22)4-14-15(12)18-17(25-14)19-5-10-11(20)7-23-13(10)6-19/h3-4,8,10-11,13,20H,5-7H2,1-2H3,(H,21,22)/t10-,11-,13-/m0/s1. The fourth-order valence-electron chi connectivity index (χ4n) is 3.44. The molecule has 7 nitrogen and oxygen atoms in total. The van der Waals surface area contributed by atoms with Crippen LogP contribution in [0.4, 0.5) is 5.13 Å². The predicted octanol–water partition coefficient (Wildman–Crippen LogP) is 1.98. The first-order valence-corrected chi connectivity index (χ1v) is 9.13. The van der Waals surface area contributed by atoms with Crippen molar-refractivity contribution in [3.8, 4) is 5.75 Å².